The minimum atomic E-state index is -1.04. The Labute approximate surface area is 60.4 Å². The number of carbonyl (C=O) groups is 2. The zero-order valence-corrected chi connectivity index (χ0v) is 6.41. The van der Waals surface area contributed by atoms with Gasteiger partial charge in [-0.25, -0.2) is 0 Å². The smallest absolute Gasteiger partial charge is 0.322 e. The summed E-state index contributed by atoms with van der Waals surface area (Å²) in [6.07, 6.45) is 0. The monoisotopic (exact) mass is 164 g/mol. The fourth-order valence-electron chi connectivity index (χ4n) is 0.329. The van der Waals surface area contributed by atoms with E-state index in [0.29, 0.717) is 0 Å². The molecule has 0 fully saturated rings. The molecule has 1 atom stereocenters. The van der Waals surface area contributed by atoms with Gasteiger partial charge in [-0.05, 0) is 0 Å². The molecule has 3 N–H and O–H groups in total. The lowest BCUT2D eigenvalue weighted by atomic mass is 10.5. The van der Waals surface area contributed by atoms with Crippen LogP contribution in [0.4, 0.5) is 0 Å². The predicted octanol–water partition coefficient (Wildman–Crippen LogP) is -1.43. The largest absolute Gasteiger partial charge is 0.480 e. The van der Waals surface area contributed by atoms with Gasteiger partial charge in [-0.1, -0.05) is 9.39 Å². The van der Waals surface area contributed by atoms with Gasteiger partial charge in [0, 0.05) is 0 Å². The molecule has 58 valence electrons. The van der Waals surface area contributed by atoms with Gasteiger partial charge in [0.1, 0.15) is 6.54 Å². The number of carboxylic acid groups (broad SMARTS) is 1. The molecule has 0 radical (unpaired) electrons. The minimum absolute atomic E-state index is 0.109. The fourth-order valence-corrected chi connectivity index (χ4v) is 0.515. The molecule has 5 nitrogen and oxygen atoms in total. The van der Waals surface area contributed by atoms with E-state index in [1.807, 2.05) is 0 Å². The van der Waals surface area contributed by atoms with Crippen molar-refractivity contribution in [3.8, 4) is 0 Å². The van der Waals surface area contributed by atoms with Crippen LogP contribution >= 0.6 is 9.39 Å². The van der Waals surface area contributed by atoms with E-state index in [-0.39, 0.29) is 19.0 Å². The molecule has 0 heterocycles. The Morgan fingerprint density at radius 2 is 2.00 bits per heavy atom. The summed E-state index contributed by atoms with van der Waals surface area (Å²) in [5.74, 6) is -1.38. The van der Waals surface area contributed by atoms with E-state index in [1.165, 1.54) is 0 Å². The molecule has 0 aromatic rings. The SMILES string of the molecule is O=C(O)CNC(=O)CNP. The maximum atomic E-state index is 10.5. The zero-order chi connectivity index (χ0) is 7.98. The number of carbonyl (C=O) groups excluding carboxylic acids is 1. The molecule has 0 aromatic heterocycles. The average Bonchev–Trinajstić information content (AvgIpc) is 1.85. The molecule has 0 rings (SSSR count). The molecule has 0 aliphatic carbocycles. The summed E-state index contributed by atoms with van der Waals surface area (Å²) >= 11 is 0. The summed E-state index contributed by atoms with van der Waals surface area (Å²) in [5, 5.41) is 12.8. The van der Waals surface area contributed by atoms with Gasteiger partial charge in [0.05, 0.1) is 6.54 Å². The van der Waals surface area contributed by atoms with Crippen LogP contribution in [0.25, 0.3) is 0 Å². The van der Waals surface area contributed by atoms with Gasteiger partial charge in [-0.2, -0.15) is 0 Å². The van der Waals surface area contributed by atoms with Crippen molar-refractivity contribution in [1.29, 1.82) is 0 Å². The highest BCUT2D eigenvalue weighted by atomic mass is 31.0. The Hall–Kier alpha value is -0.670. The first-order valence-electron chi connectivity index (χ1n) is 2.58. The van der Waals surface area contributed by atoms with Crippen LogP contribution in [0.3, 0.4) is 0 Å². The number of hydrogen-bond donors (Lipinski definition) is 3. The van der Waals surface area contributed by atoms with E-state index >= 15 is 0 Å². The highest BCUT2D eigenvalue weighted by molar-refractivity contribution is 7.13. The second-order valence-electron chi connectivity index (χ2n) is 1.55. The summed E-state index contributed by atoms with van der Waals surface area (Å²) in [4.78, 5) is 20.4. The van der Waals surface area contributed by atoms with Gasteiger partial charge in [-0.3, -0.25) is 14.7 Å². The molecular formula is C4H9N2O3P. The minimum Gasteiger partial charge on any atom is -0.480 e. The van der Waals surface area contributed by atoms with Crippen molar-refractivity contribution in [2.45, 2.75) is 0 Å². The van der Waals surface area contributed by atoms with Crippen molar-refractivity contribution in [3.05, 3.63) is 0 Å². The van der Waals surface area contributed by atoms with Gasteiger partial charge in [0.15, 0.2) is 0 Å². The number of aliphatic carboxylic acids is 1. The van der Waals surface area contributed by atoms with Crippen molar-refractivity contribution >= 4 is 21.3 Å². The summed E-state index contributed by atoms with van der Waals surface area (Å²) in [7, 11) is 2.14. The number of rotatable bonds is 4. The summed E-state index contributed by atoms with van der Waals surface area (Å²) < 4.78 is 0. The molecule has 0 saturated carbocycles. The Morgan fingerprint density at radius 3 is 2.40 bits per heavy atom. The molecule has 0 aliphatic rings. The second kappa shape index (κ2) is 5.14. The van der Waals surface area contributed by atoms with Gasteiger partial charge >= 0.3 is 5.97 Å². The second-order valence-corrected chi connectivity index (χ2v) is 1.96. The molecule has 0 saturated heterocycles. The van der Waals surface area contributed by atoms with Crippen LogP contribution in [0.1, 0.15) is 0 Å². The molecule has 0 bridgehead atoms. The Bertz CT molecular complexity index is 138. The molecule has 1 unspecified atom stereocenters. The fraction of sp³-hybridized carbons (Fsp3) is 0.500. The summed E-state index contributed by atoms with van der Waals surface area (Å²) in [6, 6.07) is 0. The Kier molecular flexibility index (Phi) is 4.80. The third-order valence-corrected chi connectivity index (χ3v) is 0.904. The van der Waals surface area contributed by atoms with Crippen LogP contribution in [0.15, 0.2) is 0 Å². The van der Waals surface area contributed by atoms with Gasteiger partial charge in [0.2, 0.25) is 5.91 Å². The maximum Gasteiger partial charge on any atom is 0.322 e. The maximum absolute atomic E-state index is 10.5. The molecule has 1 amide bonds. The van der Waals surface area contributed by atoms with E-state index in [4.69, 9.17) is 5.11 Å². The normalized spacial score (nSPS) is 8.90. The topological polar surface area (TPSA) is 78.4 Å². The lowest BCUT2D eigenvalue weighted by molar-refractivity contribution is -0.137. The van der Waals surface area contributed by atoms with Gasteiger partial charge in [0.25, 0.3) is 0 Å². The Morgan fingerprint density at radius 1 is 1.40 bits per heavy atom. The zero-order valence-electron chi connectivity index (χ0n) is 5.26. The number of amides is 1. The van der Waals surface area contributed by atoms with E-state index in [0.717, 1.165) is 0 Å². The highest BCUT2D eigenvalue weighted by Crippen LogP contribution is 1.68. The van der Waals surface area contributed by atoms with Crippen molar-refractivity contribution < 1.29 is 14.7 Å². The third-order valence-electron chi connectivity index (χ3n) is 0.699. The van der Waals surface area contributed by atoms with Crippen molar-refractivity contribution in [1.82, 2.24) is 10.4 Å². The van der Waals surface area contributed by atoms with E-state index in [1.54, 1.807) is 0 Å². The van der Waals surface area contributed by atoms with Crippen LogP contribution in [0.2, 0.25) is 0 Å². The van der Waals surface area contributed by atoms with Crippen molar-refractivity contribution in [2.75, 3.05) is 13.1 Å². The van der Waals surface area contributed by atoms with Crippen LogP contribution < -0.4 is 10.4 Å². The number of carboxylic acids is 1. The Balaban J connectivity index is 3.30. The lowest BCUT2D eigenvalue weighted by Crippen LogP contribution is -2.34. The van der Waals surface area contributed by atoms with E-state index in [9.17, 15) is 9.59 Å². The van der Waals surface area contributed by atoms with Gasteiger partial charge in [-0.15, -0.1) is 0 Å². The number of hydrogen-bond acceptors (Lipinski definition) is 3. The quantitative estimate of drug-likeness (QED) is 0.445. The molecule has 0 spiro atoms. The molecule has 10 heavy (non-hydrogen) atoms. The van der Waals surface area contributed by atoms with Crippen molar-refractivity contribution in [2.24, 2.45) is 0 Å². The molecule has 0 aromatic carbocycles. The first-order valence-corrected chi connectivity index (χ1v) is 3.16. The van der Waals surface area contributed by atoms with E-state index < -0.39 is 5.97 Å². The first-order chi connectivity index (χ1) is 4.66. The van der Waals surface area contributed by atoms with Crippen molar-refractivity contribution in [3.63, 3.8) is 0 Å². The van der Waals surface area contributed by atoms with Crippen LogP contribution in [-0.2, 0) is 9.59 Å². The van der Waals surface area contributed by atoms with Crippen LogP contribution in [0.5, 0.6) is 0 Å². The van der Waals surface area contributed by atoms with E-state index in [2.05, 4.69) is 19.8 Å². The summed E-state index contributed by atoms with van der Waals surface area (Å²) in [6.45, 7) is -0.219. The average molecular weight is 164 g/mol. The highest BCUT2D eigenvalue weighted by Gasteiger charge is 2.00. The summed E-state index contributed by atoms with van der Waals surface area (Å²) in [5.41, 5.74) is 0. The number of nitrogens with one attached hydrogen (secondary N) is 2. The van der Waals surface area contributed by atoms with Gasteiger partial charge < -0.3 is 10.4 Å². The predicted molar refractivity (Wildman–Crippen MR) is 38.4 cm³/mol. The van der Waals surface area contributed by atoms with Crippen LogP contribution in [-0.4, -0.2) is 30.1 Å². The molecular weight excluding hydrogens is 155 g/mol. The van der Waals surface area contributed by atoms with Crippen LogP contribution in [0, 0.1) is 0 Å². The first kappa shape index (κ1) is 9.33. The standard InChI is InChI=1S/C4H9N2O3P/c7-3(1-6-10)5-2-4(8)9/h6H,1-2,10H2,(H,5,7)(H,8,9). The molecule has 0 aliphatic heterocycles. The third kappa shape index (κ3) is 5.47. The lowest BCUT2D eigenvalue weighted by Gasteiger charge is -1.98. The molecule has 6 heteroatoms.